The van der Waals surface area contributed by atoms with E-state index >= 15 is 0 Å². The second-order valence-electron chi connectivity index (χ2n) is 8.87. The maximum absolute atomic E-state index is 4.78. The minimum atomic E-state index is 0.949. The highest BCUT2D eigenvalue weighted by molar-refractivity contribution is 6.23. The molecule has 0 amide bonds. The summed E-state index contributed by atoms with van der Waals surface area (Å²) in [7, 11) is 0. The van der Waals surface area contributed by atoms with Crippen LogP contribution in [-0.4, -0.2) is 19.9 Å². The molecule has 0 bridgehead atoms. The zero-order valence-electron chi connectivity index (χ0n) is 18.1. The van der Waals surface area contributed by atoms with Gasteiger partial charge in [0.15, 0.2) is 0 Å². The molecule has 1 aliphatic rings. The number of rotatable bonds is 1. The number of hydrogen-bond donors (Lipinski definition) is 2. The number of fused-ring (bicyclic) bond motifs is 9. The van der Waals surface area contributed by atoms with Crippen molar-refractivity contribution in [1.82, 2.24) is 19.9 Å². The number of aromatic nitrogens is 4. The summed E-state index contributed by atoms with van der Waals surface area (Å²) in [6, 6.07) is 22.2. The van der Waals surface area contributed by atoms with Gasteiger partial charge in [0.1, 0.15) is 11.6 Å². The molecule has 0 saturated carbocycles. The van der Waals surface area contributed by atoms with E-state index in [-0.39, 0.29) is 0 Å². The van der Waals surface area contributed by atoms with Crippen LogP contribution >= 0.6 is 0 Å². The van der Waals surface area contributed by atoms with Gasteiger partial charge in [0, 0.05) is 22.0 Å². The van der Waals surface area contributed by atoms with E-state index in [4.69, 9.17) is 9.97 Å². The van der Waals surface area contributed by atoms with E-state index in [1.165, 1.54) is 49.5 Å². The molecule has 0 spiro atoms. The van der Waals surface area contributed by atoms with Crippen LogP contribution in [0, 0.1) is 13.8 Å². The number of benzene rings is 4. The van der Waals surface area contributed by atoms with Crippen LogP contribution in [0.15, 0.2) is 60.7 Å². The van der Waals surface area contributed by atoms with Crippen molar-refractivity contribution in [2.24, 2.45) is 0 Å². The summed E-state index contributed by atoms with van der Waals surface area (Å²) < 4.78 is 0. The monoisotopic (exact) mass is 414 g/mol. The zero-order chi connectivity index (χ0) is 21.4. The number of aromatic amines is 2. The third-order valence-corrected chi connectivity index (χ3v) is 6.82. The molecule has 2 heterocycles. The Bertz CT molecular complexity index is 1700. The molecule has 0 aliphatic heterocycles. The van der Waals surface area contributed by atoms with Gasteiger partial charge < -0.3 is 9.97 Å². The first kappa shape index (κ1) is 17.7. The molecule has 1 aliphatic carbocycles. The van der Waals surface area contributed by atoms with E-state index in [0.29, 0.717) is 0 Å². The molecule has 4 aromatic carbocycles. The Morgan fingerprint density at radius 2 is 1.47 bits per heavy atom. The van der Waals surface area contributed by atoms with Crippen molar-refractivity contribution in [3.8, 4) is 22.4 Å². The molecule has 2 N–H and O–H groups in total. The van der Waals surface area contributed by atoms with E-state index in [1.807, 2.05) is 13.8 Å². The Labute approximate surface area is 185 Å². The molecule has 0 unspecified atom stereocenters. The van der Waals surface area contributed by atoms with Gasteiger partial charge in [-0.3, -0.25) is 0 Å². The van der Waals surface area contributed by atoms with Crippen LogP contribution in [0.2, 0.25) is 0 Å². The van der Waals surface area contributed by atoms with Crippen molar-refractivity contribution in [1.29, 1.82) is 0 Å². The average Bonchev–Trinajstić information content (AvgIpc) is 3.40. The molecule has 0 radical (unpaired) electrons. The highest BCUT2D eigenvalue weighted by Gasteiger charge is 2.20. The molecule has 0 saturated heterocycles. The van der Waals surface area contributed by atoms with E-state index in [2.05, 4.69) is 70.6 Å². The second-order valence-corrected chi connectivity index (χ2v) is 8.87. The molecular weight excluding hydrogens is 392 g/mol. The van der Waals surface area contributed by atoms with Crippen LogP contribution < -0.4 is 0 Å². The molecule has 2 aromatic heterocycles. The first-order valence-electron chi connectivity index (χ1n) is 11.2. The van der Waals surface area contributed by atoms with Crippen LogP contribution in [0.3, 0.4) is 0 Å². The van der Waals surface area contributed by atoms with Gasteiger partial charge in [0.05, 0.1) is 16.7 Å². The summed E-state index contributed by atoms with van der Waals surface area (Å²) in [6.45, 7) is 4.05. The largest absolute Gasteiger partial charge is 0.346 e. The summed E-state index contributed by atoms with van der Waals surface area (Å²) in [5.74, 6) is 1.94. The second kappa shape index (κ2) is 6.30. The van der Waals surface area contributed by atoms with E-state index in [1.54, 1.807) is 0 Å². The van der Waals surface area contributed by atoms with Crippen molar-refractivity contribution < 1.29 is 0 Å². The van der Waals surface area contributed by atoms with Gasteiger partial charge in [-0.05, 0) is 60.2 Å². The van der Waals surface area contributed by atoms with Gasteiger partial charge in [-0.25, -0.2) is 9.97 Å². The first-order chi connectivity index (χ1) is 15.7. The summed E-state index contributed by atoms with van der Waals surface area (Å²) in [6.07, 6.45) is 2.06. The number of H-pyrrole nitrogens is 2. The molecule has 0 atom stereocenters. The van der Waals surface area contributed by atoms with Crippen molar-refractivity contribution >= 4 is 32.6 Å². The summed E-state index contributed by atoms with van der Waals surface area (Å²) >= 11 is 0. The van der Waals surface area contributed by atoms with Gasteiger partial charge in [-0.15, -0.1) is 0 Å². The van der Waals surface area contributed by atoms with Crippen LogP contribution in [0.25, 0.3) is 55.0 Å². The van der Waals surface area contributed by atoms with E-state index in [0.717, 1.165) is 41.2 Å². The number of aryl methyl sites for hydroxylation is 4. The van der Waals surface area contributed by atoms with Crippen LogP contribution in [0.5, 0.6) is 0 Å². The first-order valence-corrected chi connectivity index (χ1v) is 11.2. The Kier molecular flexibility index (Phi) is 3.49. The van der Waals surface area contributed by atoms with Gasteiger partial charge in [-0.2, -0.15) is 0 Å². The molecular formula is C28H22N4. The van der Waals surface area contributed by atoms with Crippen LogP contribution in [0.4, 0.5) is 0 Å². The molecule has 154 valence electrons. The Morgan fingerprint density at radius 3 is 2.38 bits per heavy atom. The fourth-order valence-electron chi connectivity index (χ4n) is 5.39. The minimum absolute atomic E-state index is 0.949. The molecule has 0 fully saturated rings. The van der Waals surface area contributed by atoms with Gasteiger partial charge >= 0.3 is 0 Å². The number of hydrogen-bond acceptors (Lipinski definition) is 2. The van der Waals surface area contributed by atoms with E-state index < -0.39 is 0 Å². The normalized spacial score (nSPS) is 13.1. The fraction of sp³-hybridized carbons (Fsp3) is 0.143. The lowest BCUT2D eigenvalue weighted by Gasteiger charge is -2.17. The lowest BCUT2D eigenvalue weighted by Crippen LogP contribution is -2.03. The Morgan fingerprint density at radius 1 is 0.688 bits per heavy atom. The predicted molar refractivity (Wildman–Crippen MR) is 131 cm³/mol. The Balaban J connectivity index is 1.45. The highest BCUT2D eigenvalue weighted by atomic mass is 14.9. The van der Waals surface area contributed by atoms with Crippen molar-refractivity contribution in [2.45, 2.75) is 26.7 Å². The molecule has 32 heavy (non-hydrogen) atoms. The summed E-state index contributed by atoms with van der Waals surface area (Å²) in [5, 5.41) is 4.93. The number of nitrogens with one attached hydrogen (secondary N) is 2. The van der Waals surface area contributed by atoms with Gasteiger partial charge in [0.2, 0.25) is 0 Å². The lowest BCUT2D eigenvalue weighted by atomic mass is 9.89. The predicted octanol–water partition coefficient (Wildman–Crippen LogP) is 6.64. The van der Waals surface area contributed by atoms with Crippen molar-refractivity contribution in [3.05, 3.63) is 83.6 Å². The minimum Gasteiger partial charge on any atom is -0.346 e. The standard InChI is InChI=1S/C28H22N4/c1-15-29-25-12-9-19-13-17(7-10-20(19)26(25)30-15)18-8-11-23-24(14-18)21-5-3-4-6-22(21)27-28(23)32-16(2)31-27/h3-8,10-11,13-14H,9,12H2,1-2H3,(H,29,30)(H,31,32). The van der Waals surface area contributed by atoms with E-state index in [9.17, 15) is 0 Å². The fourth-order valence-corrected chi connectivity index (χ4v) is 5.39. The summed E-state index contributed by atoms with van der Waals surface area (Å²) in [5.41, 5.74) is 9.70. The summed E-state index contributed by atoms with van der Waals surface area (Å²) in [4.78, 5) is 16.4. The quantitative estimate of drug-likeness (QED) is 0.296. The number of imidazole rings is 2. The molecule has 4 nitrogen and oxygen atoms in total. The molecule has 4 heteroatoms. The lowest BCUT2D eigenvalue weighted by molar-refractivity contribution is 0.905. The Hall–Kier alpha value is -3.92. The van der Waals surface area contributed by atoms with Crippen LogP contribution in [0.1, 0.15) is 22.9 Å². The number of nitrogens with zero attached hydrogens (tertiary/aromatic N) is 2. The van der Waals surface area contributed by atoms with Gasteiger partial charge in [0.25, 0.3) is 0 Å². The highest BCUT2D eigenvalue weighted by Crippen LogP contribution is 2.38. The maximum Gasteiger partial charge on any atom is 0.104 e. The average molecular weight is 415 g/mol. The third-order valence-electron chi connectivity index (χ3n) is 6.82. The maximum atomic E-state index is 4.78. The topological polar surface area (TPSA) is 57.4 Å². The van der Waals surface area contributed by atoms with Crippen LogP contribution in [-0.2, 0) is 12.8 Å². The molecule has 7 rings (SSSR count). The smallest absolute Gasteiger partial charge is 0.104 e. The molecule has 6 aromatic rings. The van der Waals surface area contributed by atoms with Crippen molar-refractivity contribution in [3.63, 3.8) is 0 Å². The zero-order valence-corrected chi connectivity index (χ0v) is 18.1. The van der Waals surface area contributed by atoms with Crippen molar-refractivity contribution in [2.75, 3.05) is 0 Å². The SMILES string of the molecule is Cc1nc2c([nH]1)CCc1cc(-c3ccc4c(c3)c3ccccc3c3nc(C)[nH]c43)ccc1-2. The third kappa shape index (κ3) is 2.43. The van der Waals surface area contributed by atoms with Gasteiger partial charge in [-0.1, -0.05) is 54.6 Å².